The van der Waals surface area contributed by atoms with E-state index in [-0.39, 0.29) is 25.2 Å². The Labute approximate surface area is 474 Å². The topological polar surface area (TPSA) is 72.8 Å². The predicted molar refractivity (Wildman–Crippen MR) is 334 cm³/mol. The maximum Gasteiger partial charge on any atom is 0.306 e. The summed E-state index contributed by atoms with van der Waals surface area (Å²) in [6, 6.07) is 0. The summed E-state index contributed by atoms with van der Waals surface area (Å²) < 4.78 is 10.7. The van der Waals surface area contributed by atoms with Gasteiger partial charge in [0.1, 0.15) is 6.61 Å². The highest BCUT2D eigenvalue weighted by Crippen LogP contribution is 2.18. The van der Waals surface area contributed by atoms with Gasteiger partial charge in [-0.15, -0.1) is 0 Å². The standard InChI is InChI=1S/C71H130O5/c1-3-5-7-9-11-13-15-17-19-21-23-25-27-28-29-30-31-32-33-34-35-36-37-38-39-40-41-42-44-45-47-49-51-53-55-57-59-61-63-65-70(73)75-68-69(67-72)76-71(74)66-64-62-60-58-56-54-52-50-48-46-43-26-24-22-20-18-16-14-12-10-8-6-4-2/h15-18,21-24,43,46,69,72H,3-14,19-20,25-42,44-45,47-68H2,1-2H3/b17-15-,18-16-,23-21-,24-22-,46-43-. The number of carbonyl (C=O) groups excluding carboxylic acids is 2. The van der Waals surface area contributed by atoms with Crippen LogP contribution < -0.4 is 0 Å². The summed E-state index contributed by atoms with van der Waals surface area (Å²) in [4.78, 5) is 24.6. The Kier molecular flexibility index (Phi) is 64.8. The van der Waals surface area contributed by atoms with Gasteiger partial charge in [-0.3, -0.25) is 9.59 Å². The number of hydrogen-bond acceptors (Lipinski definition) is 5. The molecule has 0 aromatic carbocycles. The van der Waals surface area contributed by atoms with Crippen molar-refractivity contribution in [2.24, 2.45) is 0 Å². The Hall–Kier alpha value is -2.40. The molecule has 0 bridgehead atoms. The molecule has 0 aromatic rings. The SMILES string of the molecule is CCCCCCC/C=C\C/C=C\C/C=C\CCCCCCCCCCC(=O)OC(CO)COC(=O)CCCCCCCCCCCCCCCCCCCCCCCCCCCCC/C=C\C/C=C\CCCCCCC. The molecule has 0 saturated carbocycles. The average Bonchev–Trinajstić information content (AvgIpc) is 3.42. The first-order chi connectivity index (χ1) is 37.6. The smallest absolute Gasteiger partial charge is 0.306 e. The molecule has 0 heterocycles. The van der Waals surface area contributed by atoms with Crippen molar-refractivity contribution in [1.82, 2.24) is 0 Å². The van der Waals surface area contributed by atoms with Crippen LogP contribution in [-0.2, 0) is 19.1 Å². The Balaban J connectivity index is 3.40. The molecule has 0 aromatic heterocycles. The minimum atomic E-state index is -0.777. The van der Waals surface area contributed by atoms with E-state index < -0.39 is 6.10 Å². The van der Waals surface area contributed by atoms with Crippen LogP contribution in [0.15, 0.2) is 60.8 Å². The molecule has 1 atom stereocenters. The molecular formula is C71H130O5. The van der Waals surface area contributed by atoms with E-state index in [1.165, 1.54) is 276 Å². The van der Waals surface area contributed by atoms with Crippen molar-refractivity contribution < 1.29 is 24.2 Å². The summed E-state index contributed by atoms with van der Waals surface area (Å²) in [6.07, 6.45) is 91.1. The molecule has 0 rings (SSSR count). The van der Waals surface area contributed by atoms with Crippen LogP contribution in [0.1, 0.15) is 361 Å². The highest BCUT2D eigenvalue weighted by Gasteiger charge is 2.16. The zero-order valence-corrected chi connectivity index (χ0v) is 51.0. The van der Waals surface area contributed by atoms with Crippen LogP contribution in [0, 0.1) is 0 Å². The quantitative estimate of drug-likeness (QED) is 0.0373. The number of aliphatic hydroxyl groups excluding tert-OH is 1. The first kappa shape index (κ1) is 73.6. The molecule has 76 heavy (non-hydrogen) atoms. The van der Waals surface area contributed by atoms with E-state index in [2.05, 4.69) is 74.6 Å². The zero-order chi connectivity index (χ0) is 54.8. The molecule has 0 saturated heterocycles. The van der Waals surface area contributed by atoms with E-state index in [0.29, 0.717) is 12.8 Å². The minimum Gasteiger partial charge on any atom is -0.462 e. The Morgan fingerprint density at radius 3 is 0.789 bits per heavy atom. The largest absolute Gasteiger partial charge is 0.462 e. The van der Waals surface area contributed by atoms with E-state index in [1.54, 1.807) is 0 Å². The summed E-state index contributed by atoms with van der Waals surface area (Å²) in [7, 11) is 0. The summed E-state index contributed by atoms with van der Waals surface area (Å²) in [5.41, 5.74) is 0. The fourth-order valence-corrected chi connectivity index (χ4v) is 10.2. The maximum absolute atomic E-state index is 12.3. The molecule has 1 unspecified atom stereocenters. The molecule has 444 valence electrons. The van der Waals surface area contributed by atoms with Gasteiger partial charge in [-0.05, 0) is 83.5 Å². The van der Waals surface area contributed by atoms with Crippen molar-refractivity contribution in [3.05, 3.63) is 60.8 Å². The highest BCUT2D eigenvalue weighted by atomic mass is 16.6. The van der Waals surface area contributed by atoms with Gasteiger partial charge >= 0.3 is 11.9 Å². The van der Waals surface area contributed by atoms with Crippen LogP contribution >= 0.6 is 0 Å². The second-order valence-corrected chi connectivity index (χ2v) is 22.9. The van der Waals surface area contributed by atoms with Crippen LogP contribution in [0.2, 0.25) is 0 Å². The molecule has 0 aliphatic rings. The van der Waals surface area contributed by atoms with E-state index >= 15 is 0 Å². The molecular weight excluding hydrogens is 933 g/mol. The van der Waals surface area contributed by atoms with Gasteiger partial charge in [0.25, 0.3) is 0 Å². The predicted octanol–water partition coefficient (Wildman–Crippen LogP) is 23.3. The summed E-state index contributed by atoms with van der Waals surface area (Å²) in [5, 5.41) is 9.68. The molecule has 0 amide bonds. The highest BCUT2D eigenvalue weighted by molar-refractivity contribution is 5.70. The van der Waals surface area contributed by atoms with Crippen LogP contribution in [0.4, 0.5) is 0 Å². The first-order valence-corrected chi connectivity index (χ1v) is 33.8. The number of carbonyl (C=O) groups is 2. The maximum atomic E-state index is 12.3. The lowest BCUT2D eigenvalue weighted by atomic mass is 10.0. The van der Waals surface area contributed by atoms with Crippen LogP contribution in [0.5, 0.6) is 0 Å². The summed E-state index contributed by atoms with van der Waals surface area (Å²) in [5.74, 6) is -0.583. The monoisotopic (exact) mass is 1060 g/mol. The van der Waals surface area contributed by atoms with Crippen molar-refractivity contribution in [2.45, 2.75) is 367 Å². The number of rotatable bonds is 63. The van der Waals surface area contributed by atoms with Crippen LogP contribution in [0.3, 0.4) is 0 Å². The van der Waals surface area contributed by atoms with Crippen molar-refractivity contribution >= 4 is 11.9 Å². The van der Waals surface area contributed by atoms with Gasteiger partial charge in [0.15, 0.2) is 6.10 Å². The number of ether oxygens (including phenoxy) is 2. The summed E-state index contributed by atoms with van der Waals surface area (Å²) >= 11 is 0. The van der Waals surface area contributed by atoms with Gasteiger partial charge in [0.2, 0.25) is 0 Å². The number of esters is 2. The number of unbranched alkanes of at least 4 members (excludes halogenated alkanes) is 45. The fourth-order valence-electron chi connectivity index (χ4n) is 10.2. The third-order valence-electron chi connectivity index (χ3n) is 15.3. The lowest BCUT2D eigenvalue weighted by Crippen LogP contribution is -2.28. The Morgan fingerprint density at radius 2 is 0.526 bits per heavy atom. The second kappa shape index (κ2) is 66.9. The Morgan fingerprint density at radius 1 is 0.303 bits per heavy atom. The Bertz CT molecular complexity index is 1300. The van der Waals surface area contributed by atoms with Crippen LogP contribution in [-0.4, -0.2) is 36.4 Å². The minimum absolute atomic E-state index is 0.0663. The van der Waals surface area contributed by atoms with Crippen molar-refractivity contribution in [3.8, 4) is 0 Å². The van der Waals surface area contributed by atoms with Gasteiger partial charge in [0.05, 0.1) is 6.61 Å². The molecule has 5 nitrogen and oxygen atoms in total. The molecule has 0 fully saturated rings. The van der Waals surface area contributed by atoms with Gasteiger partial charge in [-0.25, -0.2) is 0 Å². The molecule has 0 aliphatic heterocycles. The third kappa shape index (κ3) is 64.1. The number of aliphatic hydroxyl groups is 1. The normalized spacial score (nSPS) is 12.5. The summed E-state index contributed by atoms with van der Waals surface area (Å²) in [6.45, 7) is 4.15. The molecule has 0 spiro atoms. The molecule has 5 heteroatoms. The van der Waals surface area contributed by atoms with E-state index in [4.69, 9.17) is 9.47 Å². The fraction of sp³-hybridized carbons (Fsp3) is 0.831. The first-order valence-electron chi connectivity index (χ1n) is 33.8. The van der Waals surface area contributed by atoms with Crippen molar-refractivity contribution in [2.75, 3.05) is 13.2 Å². The lowest BCUT2D eigenvalue weighted by Gasteiger charge is -2.15. The molecule has 0 radical (unpaired) electrons. The van der Waals surface area contributed by atoms with Crippen molar-refractivity contribution in [3.63, 3.8) is 0 Å². The van der Waals surface area contributed by atoms with Crippen molar-refractivity contribution in [1.29, 1.82) is 0 Å². The average molecular weight is 1060 g/mol. The zero-order valence-electron chi connectivity index (χ0n) is 51.0. The molecule has 1 N–H and O–H groups in total. The van der Waals surface area contributed by atoms with Gasteiger partial charge in [-0.2, -0.15) is 0 Å². The lowest BCUT2D eigenvalue weighted by molar-refractivity contribution is -0.161. The van der Waals surface area contributed by atoms with E-state index in [0.717, 1.165) is 57.8 Å². The second-order valence-electron chi connectivity index (χ2n) is 22.9. The molecule has 0 aliphatic carbocycles. The van der Waals surface area contributed by atoms with E-state index in [9.17, 15) is 14.7 Å². The van der Waals surface area contributed by atoms with Crippen LogP contribution in [0.25, 0.3) is 0 Å². The van der Waals surface area contributed by atoms with Gasteiger partial charge < -0.3 is 14.6 Å². The number of hydrogen-bond donors (Lipinski definition) is 1. The van der Waals surface area contributed by atoms with Gasteiger partial charge in [-0.1, -0.05) is 325 Å². The van der Waals surface area contributed by atoms with E-state index in [1.807, 2.05) is 0 Å². The van der Waals surface area contributed by atoms with Gasteiger partial charge in [0, 0.05) is 12.8 Å². The third-order valence-corrected chi connectivity index (χ3v) is 15.3. The number of allylic oxidation sites excluding steroid dienone is 10.